The Bertz CT molecular complexity index is 1410. The summed E-state index contributed by atoms with van der Waals surface area (Å²) in [6.07, 6.45) is 8.33. The van der Waals surface area contributed by atoms with Gasteiger partial charge in [-0.2, -0.15) is 5.10 Å². The number of hydrogen-bond donors (Lipinski definition) is 2. The summed E-state index contributed by atoms with van der Waals surface area (Å²) in [7, 11) is 0. The SMILES string of the molecule is N[C@H](COc1cnc(-c2ccoc2)c(-c2ccc3n[nH]c(C4CC4)c3c2)c1)Cc1ccccc1. The van der Waals surface area contributed by atoms with E-state index in [9.17, 15) is 0 Å². The Morgan fingerprint density at radius 1 is 1.06 bits per heavy atom. The third-order valence-corrected chi connectivity index (χ3v) is 6.34. The maximum absolute atomic E-state index is 6.34. The molecule has 6 rings (SSSR count). The molecule has 3 aromatic heterocycles. The zero-order valence-electron chi connectivity index (χ0n) is 18.8. The molecule has 1 fully saturated rings. The van der Waals surface area contributed by atoms with E-state index >= 15 is 0 Å². The molecule has 0 unspecified atom stereocenters. The molecule has 0 aliphatic heterocycles. The zero-order valence-corrected chi connectivity index (χ0v) is 18.8. The van der Waals surface area contributed by atoms with Gasteiger partial charge in [0.25, 0.3) is 0 Å². The number of pyridine rings is 1. The van der Waals surface area contributed by atoms with Crippen molar-refractivity contribution < 1.29 is 9.15 Å². The molecule has 3 heterocycles. The van der Waals surface area contributed by atoms with Gasteiger partial charge in [-0.15, -0.1) is 0 Å². The predicted molar refractivity (Wildman–Crippen MR) is 133 cm³/mol. The quantitative estimate of drug-likeness (QED) is 0.316. The fraction of sp³-hybridized carbons (Fsp3) is 0.214. The van der Waals surface area contributed by atoms with Crippen LogP contribution in [0.25, 0.3) is 33.3 Å². The van der Waals surface area contributed by atoms with Crippen LogP contribution in [0.1, 0.15) is 30.0 Å². The number of furan rings is 1. The van der Waals surface area contributed by atoms with Gasteiger partial charge in [0.1, 0.15) is 12.4 Å². The summed E-state index contributed by atoms with van der Waals surface area (Å²) in [5, 5.41) is 8.91. The van der Waals surface area contributed by atoms with Crippen LogP contribution in [0, 0.1) is 0 Å². The lowest BCUT2D eigenvalue weighted by Gasteiger charge is -2.15. The Morgan fingerprint density at radius 3 is 2.74 bits per heavy atom. The number of H-pyrrole nitrogens is 1. The first-order valence-corrected chi connectivity index (χ1v) is 11.7. The molecule has 2 aromatic carbocycles. The molecule has 0 amide bonds. The number of nitrogens with zero attached hydrogens (tertiary/aromatic N) is 2. The number of nitrogens with two attached hydrogens (primary N) is 1. The van der Waals surface area contributed by atoms with Gasteiger partial charge in [-0.25, -0.2) is 0 Å². The Balaban J connectivity index is 1.31. The van der Waals surface area contributed by atoms with E-state index < -0.39 is 0 Å². The smallest absolute Gasteiger partial charge is 0.138 e. The lowest BCUT2D eigenvalue weighted by Crippen LogP contribution is -2.30. The summed E-state index contributed by atoms with van der Waals surface area (Å²) in [5.41, 5.74) is 13.6. The van der Waals surface area contributed by atoms with E-state index in [0.29, 0.717) is 18.3 Å². The maximum Gasteiger partial charge on any atom is 0.138 e. The number of benzene rings is 2. The highest BCUT2D eigenvalue weighted by atomic mass is 16.5. The lowest BCUT2D eigenvalue weighted by atomic mass is 9.98. The molecule has 170 valence electrons. The molecule has 1 aliphatic carbocycles. The van der Waals surface area contributed by atoms with E-state index in [4.69, 9.17) is 19.9 Å². The Labute approximate surface area is 197 Å². The van der Waals surface area contributed by atoms with Crippen molar-refractivity contribution in [2.75, 3.05) is 6.61 Å². The number of fused-ring (bicyclic) bond motifs is 1. The second kappa shape index (κ2) is 8.80. The number of aromatic amines is 1. The molecular formula is C28H26N4O2. The number of hydrogen-bond acceptors (Lipinski definition) is 5. The van der Waals surface area contributed by atoms with E-state index in [2.05, 4.69) is 40.5 Å². The topological polar surface area (TPSA) is 90.0 Å². The van der Waals surface area contributed by atoms with Crippen molar-refractivity contribution in [1.82, 2.24) is 15.2 Å². The number of rotatable bonds is 8. The van der Waals surface area contributed by atoms with Crippen molar-refractivity contribution in [2.24, 2.45) is 5.73 Å². The molecule has 0 saturated heterocycles. The Kier molecular flexibility index (Phi) is 5.35. The number of ether oxygens (including phenoxy) is 1. The molecule has 3 N–H and O–H groups in total. The van der Waals surface area contributed by atoms with Gasteiger partial charge in [0.15, 0.2) is 0 Å². The van der Waals surface area contributed by atoms with Crippen molar-refractivity contribution >= 4 is 10.9 Å². The highest BCUT2D eigenvalue weighted by molar-refractivity contribution is 5.90. The van der Waals surface area contributed by atoms with Crippen LogP contribution in [0.3, 0.4) is 0 Å². The van der Waals surface area contributed by atoms with Gasteiger partial charge in [-0.05, 0) is 54.7 Å². The largest absolute Gasteiger partial charge is 0.490 e. The van der Waals surface area contributed by atoms with Gasteiger partial charge in [-0.1, -0.05) is 36.4 Å². The lowest BCUT2D eigenvalue weighted by molar-refractivity contribution is 0.287. The summed E-state index contributed by atoms with van der Waals surface area (Å²) < 4.78 is 11.4. The van der Waals surface area contributed by atoms with E-state index in [1.54, 1.807) is 18.7 Å². The summed E-state index contributed by atoms with van der Waals surface area (Å²) >= 11 is 0. The molecule has 0 bridgehead atoms. The van der Waals surface area contributed by atoms with Crippen LogP contribution in [-0.4, -0.2) is 27.8 Å². The van der Waals surface area contributed by atoms with Crippen LogP contribution in [0.5, 0.6) is 5.75 Å². The molecule has 1 aliphatic rings. The molecule has 5 aromatic rings. The fourth-order valence-corrected chi connectivity index (χ4v) is 4.43. The number of nitrogens with one attached hydrogen (secondary N) is 1. The van der Waals surface area contributed by atoms with Crippen molar-refractivity contribution in [1.29, 1.82) is 0 Å². The Morgan fingerprint density at radius 2 is 1.94 bits per heavy atom. The van der Waals surface area contributed by atoms with Gasteiger partial charge in [0, 0.05) is 34.2 Å². The van der Waals surface area contributed by atoms with Gasteiger partial charge < -0.3 is 14.9 Å². The van der Waals surface area contributed by atoms with E-state index in [1.807, 2.05) is 30.3 Å². The van der Waals surface area contributed by atoms with Crippen LogP contribution < -0.4 is 10.5 Å². The Hall–Kier alpha value is -3.90. The van der Waals surface area contributed by atoms with E-state index in [-0.39, 0.29) is 6.04 Å². The summed E-state index contributed by atoms with van der Waals surface area (Å²) in [5.74, 6) is 1.29. The van der Waals surface area contributed by atoms with Crippen molar-refractivity contribution in [3.8, 4) is 28.1 Å². The molecule has 1 atom stereocenters. The van der Waals surface area contributed by atoms with Gasteiger partial charge in [0.05, 0.1) is 29.9 Å². The minimum Gasteiger partial charge on any atom is -0.490 e. The second-order valence-electron chi connectivity index (χ2n) is 8.98. The first-order chi connectivity index (χ1) is 16.7. The van der Waals surface area contributed by atoms with Crippen LogP contribution in [-0.2, 0) is 6.42 Å². The first kappa shape index (κ1) is 20.7. The first-order valence-electron chi connectivity index (χ1n) is 11.7. The van der Waals surface area contributed by atoms with Gasteiger partial charge in [0.2, 0.25) is 0 Å². The van der Waals surface area contributed by atoms with E-state index in [1.165, 1.54) is 29.5 Å². The highest BCUT2D eigenvalue weighted by Gasteiger charge is 2.27. The van der Waals surface area contributed by atoms with Crippen molar-refractivity contribution in [2.45, 2.75) is 31.2 Å². The van der Waals surface area contributed by atoms with Gasteiger partial charge >= 0.3 is 0 Å². The summed E-state index contributed by atoms with van der Waals surface area (Å²) in [6, 6.07) is 20.5. The fourth-order valence-electron chi connectivity index (χ4n) is 4.43. The van der Waals surface area contributed by atoms with Crippen LogP contribution in [0.4, 0.5) is 0 Å². The normalized spacial score (nSPS) is 14.4. The van der Waals surface area contributed by atoms with Crippen LogP contribution in [0.2, 0.25) is 0 Å². The maximum atomic E-state index is 6.34. The average Bonchev–Trinajstić information content (AvgIpc) is 3.39. The average molecular weight is 451 g/mol. The molecule has 1 saturated carbocycles. The summed E-state index contributed by atoms with van der Waals surface area (Å²) in [6.45, 7) is 0.410. The highest BCUT2D eigenvalue weighted by Crippen LogP contribution is 2.43. The van der Waals surface area contributed by atoms with Crippen LogP contribution in [0.15, 0.2) is 83.8 Å². The second-order valence-corrected chi connectivity index (χ2v) is 8.98. The van der Waals surface area contributed by atoms with Crippen molar-refractivity contribution in [3.63, 3.8) is 0 Å². The standard InChI is InChI=1S/C28H26N4O2/c29-22(12-18-4-2-1-3-5-18)17-34-23-14-24(27(30-15-23)21-10-11-33-16-21)20-8-9-26-25(13-20)28(32-31-26)19-6-7-19/h1-5,8-11,13-16,19,22H,6-7,12,17,29H2,(H,31,32)/t22-/m0/s1. The minimum absolute atomic E-state index is 0.109. The third-order valence-electron chi connectivity index (χ3n) is 6.34. The molecule has 0 radical (unpaired) electrons. The molecule has 0 spiro atoms. The monoisotopic (exact) mass is 450 g/mol. The van der Waals surface area contributed by atoms with Crippen LogP contribution >= 0.6 is 0 Å². The predicted octanol–water partition coefficient (Wildman–Crippen LogP) is 5.71. The minimum atomic E-state index is -0.109. The molecule has 6 nitrogen and oxygen atoms in total. The molecule has 34 heavy (non-hydrogen) atoms. The van der Waals surface area contributed by atoms with Crippen molar-refractivity contribution in [3.05, 3.63) is 90.6 Å². The molecular weight excluding hydrogens is 424 g/mol. The van der Waals surface area contributed by atoms with E-state index in [0.717, 1.165) is 34.3 Å². The van der Waals surface area contributed by atoms with Gasteiger partial charge in [-0.3, -0.25) is 10.1 Å². The number of aromatic nitrogens is 3. The third kappa shape index (κ3) is 4.20. The zero-order chi connectivity index (χ0) is 22.9. The summed E-state index contributed by atoms with van der Waals surface area (Å²) in [4.78, 5) is 4.75. The molecule has 6 heteroatoms.